The number of oxazole rings is 1. The molecule has 0 amide bonds. The molecule has 1 fully saturated rings. The molecular weight excluding hydrogens is 478 g/mol. The molecule has 1 aliphatic rings. The predicted octanol–water partition coefficient (Wildman–Crippen LogP) is 5.36. The summed E-state index contributed by atoms with van der Waals surface area (Å²) in [5.41, 5.74) is 5.72. The highest BCUT2D eigenvalue weighted by atomic mass is 16.5. The minimum absolute atomic E-state index is 0.140. The van der Waals surface area contributed by atoms with Crippen molar-refractivity contribution in [3.63, 3.8) is 0 Å². The SMILES string of the molecule is CCCCCC(=O)OCn1c(=O)oc2c(N3CCNCC3Cc3ccc(-c4ccccc4)cc3)cccc21. The Morgan fingerprint density at radius 1 is 1.00 bits per heavy atom. The Bertz CT molecular complexity index is 1410. The number of rotatable bonds is 10. The number of nitrogens with one attached hydrogen (secondary N) is 1. The van der Waals surface area contributed by atoms with E-state index in [2.05, 4.69) is 65.7 Å². The van der Waals surface area contributed by atoms with E-state index in [0.29, 0.717) is 17.5 Å². The van der Waals surface area contributed by atoms with E-state index >= 15 is 0 Å². The number of fused-ring (bicyclic) bond motifs is 1. The summed E-state index contributed by atoms with van der Waals surface area (Å²) in [7, 11) is 0. The molecule has 0 radical (unpaired) electrons. The van der Waals surface area contributed by atoms with Crippen molar-refractivity contribution in [1.82, 2.24) is 9.88 Å². The first-order valence-corrected chi connectivity index (χ1v) is 13.5. The second kappa shape index (κ2) is 12.1. The number of unbranched alkanes of at least 4 members (excludes halogenated alkanes) is 2. The Hall–Kier alpha value is -3.84. The van der Waals surface area contributed by atoms with Crippen molar-refractivity contribution in [1.29, 1.82) is 0 Å². The normalized spacial score (nSPS) is 15.6. The molecular formula is C31H35N3O4. The van der Waals surface area contributed by atoms with Gasteiger partial charge in [-0.05, 0) is 41.7 Å². The lowest BCUT2D eigenvalue weighted by Crippen LogP contribution is -2.52. The summed E-state index contributed by atoms with van der Waals surface area (Å²) in [6, 6.07) is 25.1. The molecule has 0 bridgehead atoms. The van der Waals surface area contributed by atoms with Gasteiger partial charge in [0.05, 0.1) is 11.2 Å². The van der Waals surface area contributed by atoms with Crippen LogP contribution in [0.15, 0.2) is 82.0 Å². The molecule has 0 aliphatic carbocycles. The Kier molecular flexibility index (Phi) is 8.24. The summed E-state index contributed by atoms with van der Waals surface area (Å²) in [4.78, 5) is 27.2. The number of nitrogens with zero attached hydrogens (tertiary/aromatic N) is 2. The van der Waals surface area contributed by atoms with E-state index in [1.54, 1.807) is 0 Å². The van der Waals surface area contributed by atoms with Crippen molar-refractivity contribution in [2.75, 3.05) is 24.5 Å². The number of carbonyl (C=O) groups is 1. The molecule has 0 saturated carbocycles. The molecule has 5 rings (SSSR count). The quantitative estimate of drug-likeness (QED) is 0.227. The van der Waals surface area contributed by atoms with Crippen LogP contribution in [-0.2, 0) is 22.7 Å². The smallest absolute Gasteiger partial charge is 0.422 e. The first-order chi connectivity index (χ1) is 18.6. The van der Waals surface area contributed by atoms with Crippen LogP contribution >= 0.6 is 0 Å². The fraction of sp³-hybridized carbons (Fsp3) is 0.355. The van der Waals surface area contributed by atoms with Gasteiger partial charge in [-0.15, -0.1) is 0 Å². The van der Waals surface area contributed by atoms with Crippen LogP contribution in [0.5, 0.6) is 0 Å². The molecule has 7 nitrogen and oxygen atoms in total. The second-order valence-electron chi connectivity index (χ2n) is 9.84. The van der Waals surface area contributed by atoms with E-state index in [1.807, 2.05) is 24.3 Å². The average molecular weight is 514 g/mol. The van der Waals surface area contributed by atoms with Gasteiger partial charge in [0.15, 0.2) is 12.3 Å². The molecule has 0 spiro atoms. The molecule has 1 aliphatic heterocycles. The van der Waals surface area contributed by atoms with E-state index in [0.717, 1.165) is 51.0 Å². The highest BCUT2D eigenvalue weighted by Gasteiger charge is 2.26. The van der Waals surface area contributed by atoms with Crippen molar-refractivity contribution in [2.45, 2.75) is 51.8 Å². The lowest BCUT2D eigenvalue weighted by atomic mass is 9.98. The molecule has 1 atom stereocenters. The van der Waals surface area contributed by atoms with Gasteiger partial charge < -0.3 is 19.4 Å². The van der Waals surface area contributed by atoms with Crippen LogP contribution in [0.4, 0.5) is 5.69 Å². The Morgan fingerprint density at radius 2 is 1.79 bits per heavy atom. The van der Waals surface area contributed by atoms with Crippen LogP contribution in [0.25, 0.3) is 22.2 Å². The average Bonchev–Trinajstić information content (AvgIpc) is 3.28. The second-order valence-corrected chi connectivity index (χ2v) is 9.84. The molecule has 198 valence electrons. The fourth-order valence-electron chi connectivity index (χ4n) is 5.14. The summed E-state index contributed by atoms with van der Waals surface area (Å²) in [6.07, 6.45) is 4.03. The highest BCUT2D eigenvalue weighted by Crippen LogP contribution is 2.30. The van der Waals surface area contributed by atoms with E-state index in [-0.39, 0.29) is 18.7 Å². The zero-order valence-electron chi connectivity index (χ0n) is 21.9. The first-order valence-electron chi connectivity index (χ1n) is 13.5. The van der Waals surface area contributed by atoms with Gasteiger partial charge in [0.1, 0.15) is 0 Å². The lowest BCUT2D eigenvalue weighted by Gasteiger charge is -2.38. The number of hydrogen-bond acceptors (Lipinski definition) is 6. The maximum Gasteiger partial charge on any atom is 0.422 e. The summed E-state index contributed by atoms with van der Waals surface area (Å²) in [6.45, 7) is 4.42. The molecule has 38 heavy (non-hydrogen) atoms. The number of aromatic nitrogens is 1. The number of hydrogen-bond donors (Lipinski definition) is 1. The van der Waals surface area contributed by atoms with Gasteiger partial charge in [-0.2, -0.15) is 0 Å². The third-order valence-corrected chi connectivity index (χ3v) is 7.21. The van der Waals surface area contributed by atoms with E-state index in [4.69, 9.17) is 9.15 Å². The van der Waals surface area contributed by atoms with Crippen molar-refractivity contribution in [3.05, 3.63) is 88.9 Å². The largest absolute Gasteiger partial charge is 0.444 e. The minimum atomic E-state index is -0.517. The topological polar surface area (TPSA) is 76.7 Å². The zero-order valence-corrected chi connectivity index (χ0v) is 21.9. The van der Waals surface area contributed by atoms with Gasteiger partial charge >= 0.3 is 11.7 Å². The number of anilines is 1. The Labute approximate surface area is 223 Å². The summed E-state index contributed by atoms with van der Waals surface area (Å²) in [5, 5.41) is 3.51. The third kappa shape index (κ3) is 5.83. The van der Waals surface area contributed by atoms with Gasteiger partial charge in [-0.25, -0.2) is 9.36 Å². The zero-order chi connectivity index (χ0) is 26.3. The van der Waals surface area contributed by atoms with Crippen LogP contribution in [0, 0.1) is 0 Å². The molecule has 7 heteroatoms. The van der Waals surface area contributed by atoms with Crippen molar-refractivity contribution >= 4 is 22.8 Å². The molecule has 2 heterocycles. The third-order valence-electron chi connectivity index (χ3n) is 7.21. The number of esters is 1. The monoisotopic (exact) mass is 513 g/mol. The number of para-hydroxylation sites is 1. The lowest BCUT2D eigenvalue weighted by molar-refractivity contribution is -0.147. The molecule has 1 N–H and O–H groups in total. The standard InChI is InChI=1S/C31H35N3O4/c1-2-3-5-13-29(35)37-22-34-28-12-8-11-27(30(28)38-31(34)36)33-19-18-32-21-26(33)20-23-14-16-25(17-15-23)24-9-6-4-7-10-24/h4,6-12,14-17,26,32H,2-3,5,13,18-22H2,1H3. The molecule has 4 aromatic rings. The van der Waals surface area contributed by atoms with Gasteiger partial charge in [-0.1, -0.05) is 80.4 Å². The van der Waals surface area contributed by atoms with E-state index in [9.17, 15) is 9.59 Å². The number of benzene rings is 3. The van der Waals surface area contributed by atoms with Crippen LogP contribution in [0.3, 0.4) is 0 Å². The number of piperazine rings is 1. The summed E-state index contributed by atoms with van der Waals surface area (Å²) in [5.74, 6) is -0.812. The fourth-order valence-corrected chi connectivity index (χ4v) is 5.14. The predicted molar refractivity (Wildman–Crippen MR) is 150 cm³/mol. The minimum Gasteiger partial charge on any atom is -0.444 e. The molecule has 3 aromatic carbocycles. The van der Waals surface area contributed by atoms with Crippen LogP contribution in [-0.4, -0.2) is 36.2 Å². The van der Waals surface area contributed by atoms with Crippen molar-refractivity contribution in [2.24, 2.45) is 0 Å². The van der Waals surface area contributed by atoms with Gasteiger partial charge in [0, 0.05) is 32.1 Å². The summed E-state index contributed by atoms with van der Waals surface area (Å²) < 4.78 is 12.5. The van der Waals surface area contributed by atoms with E-state index in [1.165, 1.54) is 21.3 Å². The van der Waals surface area contributed by atoms with Gasteiger partial charge in [-0.3, -0.25) is 4.79 Å². The molecule has 1 aromatic heterocycles. The van der Waals surface area contributed by atoms with Crippen LogP contribution < -0.4 is 16.0 Å². The Balaban J connectivity index is 1.34. The van der Waals surface area contributed by atoms with E-state index < -0.39 is 5.76 Å². The highest BCUT2D eigenvalue weighted by molar-refractivity contribution is 5.87. The maximum atomic E-state index is 12.7. The molecule has 1 unspecified atom stereocenters. The number of ether oxygens (including phenoxy) is 1. The van der Waals surface area contributed by atoms with Crippen molar-refractivity contribution in [3.8, 4) is 11.1 Å². The van der Waals surface area contributed by atoms with Crippen LogP contribution in [0.1, 0.15) is 38.2 Å². The molecule has 1 saturated heterocycles. The summed E-state index contributed by atoms with van der Waals surface area (Å²) >= 11 is 0. The maximum absolute atomic E-state index is 12.7. The number of carbonyl (C=O) groups excluding carboxylic acids is 1. The first kappa shape index (κ1) is 25.8. The van der Waals surface area contributed by atoms with Crippen molar-refractivity contribution < 1.29 is 13.9 Å². The van der Waals surface area contributed by atoms with Crippen LogP contribution in [0.2, 0.25) is 0 Å². The van der Waals surface area contributed by atoms with Gasteiger partial charge in [0.2, 0.25) is 0 Å². The Morgan fingerprint density at radius 3 is 2.58 bits per heavy atom. The van der Waals surface area contributed by atoms with Gasteiger partial charge in [0.25, 0.3) is 0 Å².